The van der Waals surface area contributed by atoms with Crippen molar-refractivity contribution in [3.05, 3.63) is 59.7 Å². The summed E-state index contributed by atoms with van der Waals surface area (Å²) in [5, 5.41) is 8.81. The summed E-state index contributed by atoms with van der Waals surface area (Å²) in [6, 6.07) is 13.2. The third kappa shape index (κ3) is 10.8. The van der Waals surface area contributed by atoms with Gasteiger partial charge in [-0.15, -0.1) is 0 Å². The summed E-state index contributed by atoms with van der Waals surface area (Å²) in [6.07, 6.45) is -2.21. The van der Waals surface area contributed by atoms with E-state index in [1.54, 1.807) is 36.4 Å². The van der Waals surface area contributed by atoms with Gasteiger partial charge < -0.3 is 30.3 Å². The highest BCUT2D eigenvalue weighted by Gasteiger charge is 2.29. The Balaban J connectivity index is 1.54. The van der Waals surface area contributed by atoms with Crippen molar-refractivity contribution in [2.45, 2.75) is 52.8 Å². The van der Waals surface area contributed by atoms with Crippen LogP contribution in [-0.4, -0.2) is 70.7 Å². The molecule has 0 fully saturated rings. The van der Waals surface area contributed by atoms with E-state index < -0.39 is 24.2 Å². The van der Waals surface area contributed by atoms with E-state index in [2.05, 4.69) is 30.9 Å². The normalized spacial score (nSPS) is 15.5. The first-order valence-electron chi connectivity index (χ1n) is 14.7. The molecule has 45 heavy (non-hydrogen) atoms. The first kappa shape index (κ1) is 33.3. The maximum Gasteiger partial charge on any atom is 0.422 e. The van der Waals surface area contributed by atoms with Gasteiger partial charge in [0, 0.05) is 36.3 Å². The number of fused-ring (bicyclic) bond motifs is 2. The summed E-state index contributed by atoms with van der Waals surface area (Å²) in [5.41, 5.74) is 1.24. The smallest absolute Gasteiger partial charge is 0.422 e. The number of amides is 2. The lowest BCUT2D eigenvalue weighted by Crippen LogP contribution is -2.42. The maximum absolute atomic E-state index is 13.1. The van der Waals surface area contributed by atoms with Crippen molar-refractivity contribution in [3.63, 3.8) is 0 Å². The molecule has 2 aromatic carbocycles. The molecule has 0 spiro atoms. The predicted molar refractivity (Wildman–Crippen MR) is 163 cm³/mol. The van der Waals surface area contributed by atoms with E-state index in [0.717, 1.165) is 24.8 Å². The molecule has 0 saturated heterocycles. The van der Waals surface area contributed by atoms with Gasteiger partial charge in [-0.2, -0.15) is 28.1 Å². The fourth-order valence-corrected chi connectivity index (χ4v) is 4.39. The number of nitrogens with zero attached hydrogens (tertiary/aromatic N) is 4. The molecule has 0 saturated carbocycles. The number of benzene rings is 2. The summed E-state index contributed by atoms with van der Waals surface area (Å²) < 4.78 is 49.1. The Morgan fingerprint density at radius 1 is 0.911 bits per heavy atom. The van der Waals surface area contributed by atoms with Crippen LogP contribution in [0.3, 0.4) is 0 Å². The van der Waals surface area contributed by atoms with E-state index in [1.165, 1.54) is 0 Å². The molecule has 0 aliphatic carbocycles. The van der Waals surface area contributed by atoms with Crippen LogP contribution in [0.5, 0.6) is 11.8 Å². The van der Waals surface area contributed by atoms with Crippen molar-refractivity contribution < 1.29 is 32.2 Å². The summed E-state index contributed by atoms with van der Waals surface area (Å²) >= 11 is 0. The highest BCUT2D eigenvalue weighted by atomic mass is 19.4. The van der Waals surface area contributed by atoms with Crippen LogP contribution in [0.25, 0.3) is 0 Å². The lowest BCUT2D eigenvalue weighted by molar-refractivity contribution is -0.154. The van der Waals surface area contributed by atoms with Gasteiger partial charge >= 0.3 is 12.2 Å². The van der Waals surface area contributed by atoms with E-state index in [1.807, 2.05) is 37.8 Å². The van der Waals surface area contributed by atoms with Crippen LogP contribution in [0.4, 0.5) is 30.8 Å². The molecule has 3 N–H and O–H groups in total. The Morgan fingerprint density at radius 3 is 2.31 bits per heavy atom. The zero-order chi connectivity index (χ0) is 32.5. The molecule has 2 amide bonds. The predicted octanol–water partition coefficient (Wildman–Crippen LogP) is 5.34. The van der Waals surface area contributed by atoms with Crippen LogP contribution < -0.4 is 25.4 Å². The number of rotatable bonds is 2. The lowest BCUT2D eigenvalue weighted by Gasteiger charge is -2.29. The summed E-state index contributed by atoms with van der Waals surface area (Å²) in [5.74, 6) is 0.383. The summed E-state index contributed by atoms with van der Waals surface area (Å²) in [4.78, 5) is 39.7. The second kappa shape index (κ2) is 14.9. The molecule has 0 unspecified atom stereocenters. The van der Waals surface area contributed by atoms with Crippen molar-refractivity contribution in [2.75, 3.05) is 43.5 Å². The molecule has 3 aliphatic rings. The molecule has 0 radical (unpaired) electrons. The average Bonchev–Trinajstić information content (AvgIpc) is 2.99. The molecule has 3 aliphatic heterocycles. The third-order valence-electron chi connectivity index (χ3n) is 6.71. The monoisotopic (exact) mass is 629 g/mol. The molecule has 0 atom stereocenters. The van der Waals surface area contributed by atoms with Crippen LogP contribution in [0.2, 0.25) is 0 Å². The molecule has 1 aromatic heterocycles. The molecule has 4 heterocycles. The van der Waals surface area contributed by atoms with Gasteiger partial charge in [-0.25, -0.2) is 0 Å². The highest BCUT2D eigenvalue weighted by molar-refractivity contribution is 5.94. The molecule has 11 nitrogen and oxygen atoms in total. The van der Waals surface area contributed by atoms with Gasteiger partial charge in [0.2, 0.25) is 17.8 Å². The Morgan fingerprint density at radius 2 is 1.62 bits per heavy atom. The molecule has 14 heteroatoms. The van der Waals surface area contributed by atoms with Crippen LogP contribution >= 0.6 is 0 Å². The van der Waals surface area contributed by atoms with Gasteiger partial charge in [-0.05, 0) is 61.2 Å². The third-order valence-corrected chi connectivity index (χ3v) is 6.71. The number of hydrogen-bond donors (Lipinski definition) is 3. The number of anilines is 3. The number of halogens is 3. The highest BCUT2D eigenvalue weighted by Crippen LogP contribution is 2.22. The summed E-state index contributed by atoms with van der Waals surface area (Å²) in [6.45, 7) is 6.18. The maximum atomic E-state index is 13.1. The minimum atomic E-state index is -4.58. The molecule has 6 rings (SSSR count). The van der Waals surface area contributed by atoms with Crippen molar-refractivity contribution in [3.8, 4) is 11.8 Å². The molecule has 242 valence electrons. The van der Waals surface area contributed by atoms with Crippen molar-refractivity contribution in [2.24, 2.45) is 5.41 Å². The van der Waals surface area contributed by atoms with Crippen molar-refractivity contribution >= 4 is 29.4 Å². The number of nitrogens with one attached hydrogen (secondary N) is 3. The van der Waals surface area contributed by atoms with E-state index in [0.29, 0.717) is 43.2 Å². The Hall–Kier alpha value is -4.62. The van der Waals surface area contributed by atoms with Crippen LogP contribution in [0, 0.1) is 5.41 Å². The SMILES string of the molecule is CC(C)(C)C(=O)N1CCCCCNC(=O)c2ccc(cc2)Nc2nc(nc(OCC(F)(F)F)n2)NCc2ccc(cc2)OCC1. The standard InChI is InChI=1S/C31H38F3N7O4/c1-30(2,3)26(43)41-16-6-4-5-15-35-25(42)22-9-11-23(12-10-22)37-28-38-27(39-29(40-28)45-20-31(32,33)34)36-19-21-7-13-24(14-8-21)44-18-17-41/h7-14H,4-6,15-20H2,1-3H3,(H,35,42)(H2,36,37,38,39,40). The lowest BCUT2D eigenvalue weighted by atomic mass is 9.94. The van der Waals surface area contributed by atoms with Gasteiger partial charge in [0.15, 0.2) is 6.61 Å². The van der Waals surface area contributed by atoms with E-state index >= 15 is 0 Å². The first-order valence-corrected chi connectivity index (χ1v) is 14.7. The topological polar surface area (TPSA) is 131 Å². The summed E-state index contributed by atoms with van der Waals surface area (Å²) in [7, 11) is 0. The number of alkyl halides is 3. The van der Waals surface area contributed by atoms with E-state index in [-0.39, 0.29) is 30.3 Å². The zero-order valence-corrected chi connectivity index (χ0v) is 25.5. The first-order chi connectivity index (χ1) is 21.4. The zero-order valence-electron chi connectivity index (χ0n) is 25.5. The minimum absolute atomic E-state index is 0.00451. The number of carbonyl (C=O) groups is 2. The van der Waals surface area contributed by atoms with E-state index in [4.69, 9.17) is 9.47 Å². The molecule has 3 aromatic rings. The Bertz CT molecular complexity index is 1430. The van der Waals surface area contributed by atoms with E-state index in [9.17, 15) is 22.8 Å². The second-order valence-corrected chi connectivity index (χ2v) is 11.6. The Labute approximate surface area is 259 Å². The average molecular weight is 630 g/mol. The van der Waals surface area contributed by atoms with Crippen LogP contribution in [0.1, 0.15) is 56.0 Å². The van der Waals surface area contributed by atoms with Gasteiger partial charge in [0.1, 0.15) is 12.4 Å². The number of hydrogen-bond acceptors (Lipinski definition) is 9. The molecule has 6 bridgehead atoms. The largest absolute Gasteiger partial charge is 0.492 e. The minimum Gasteiger partial charge on any atom is -0.492 e. The van der Waals surface area contributed by atoms with Gasteiger partial charge in [0.05, 0.1) is 6.54 Å². The Kier molecular flexibility index (Phi) is 11.0. The van der Waals surface area contributed by atoms with Crippen molar-refractivity contribution in [1.29, 1.82) is 0 Å². The molecular weight excluding hydrogens is 591 g/mol. The fraction of sp³-hybridized carbons (Fsp3) is 0.452. The second-order valence-electron chi connectivity index (χ2n) is 11.6. The fourth-order valence-electron chi connectivity index (χ4n) is 4.39. The van der Waals surface area contributed by atoms with Gasteiger partial charge in [-0.1, -0.05) is 32.9 Å². The number of aromatic nitrogens is 3. The van der Waals surface area contributed by atoms with Crippen molar-refractivity contribution in [1.82, 2.24) is 25.2 Å². The quantitative estimate of drug-likeness (QED) is 0.344. The van der Waals surface area contributed by atoms with Crippen LogP contribution in [0.15, 0.2) is 48.5 Å². The van der Waals surface area contributed by atoms with Gasteiger partial charge in [0.25, 0.3) is 5.91 Å². The number of carbonyl (C=O) groups excluding carboxylic acids is 2. The van der Waals surface area contributed by atoms with Crippen LogP contribution in [-0.2, 0) is 11.3 Å². The van der Waals surface area contributed by atoms with Gasteiger partial charge in [-0.3, -0.25) is 9.59 Å². The number of ether oxygens (including phenoxy) is 2. The molecular formula is C31H38F3N7O4.